The van der Waals surface area contributed by atoms with E-state index in [1.165, 1.54) is 28.8 Å². The van der Waals surface area contributed by atoms with Crippen molar-refractivity contribution in [1.82, 2.24) is 10.3 Å². The van der Waals surface area contributed by atoms with E-state index >= 15 is 0 Å². The molecule has 29 heavy (non-hydrogen) atoms. The molecule has 2 aromatic carbocycles. The van der Waals surface area contributed by atoms with Crippen molar-refractivity contribution < 1.29 is 9.18 Å². The fourth-order valence-electron chi connectivity index (χ4n) is 3.54. The van der Waals surface area contributed by atoms with Crippen LogP contribution in [0.5, 0.6) is 0 Å². The van der Waals surface area contributed by atoms with Gasteiger partial charge in [0.15, 0.2) is 0 Å². The zero-order chi connectivity index (χ0) is 19.7. The lowest BCUT2D eigenvalue weighted by atomic mass is 10.1. The van der Waals surface area contributed by atoms with Gasteiger partial charge in [-0.3, -0.25) is 4.79 Å². The standard InChI is InChI=1S/C22H21FN4O.ClH/c1-13-6-7-14-9-17(10-15(14)8-13)25-22(28)20-11-16(24)12-21(27-20)26-19-5-3-2-4-18(19)23;/h2-8,11-12,17H,9-10H2,1H3,(H,25,28)(H3,24,26,27);1H. The van der Waals surface area contributed by atoms with Crippen molar-refractivity contribution in [3.63, 3.8) is 0 Å². The number of hydrogen-bond acceptors (Lipinski definition) is 4. The lowest BCUT2D eigenvalue weighted by molar-refractivity contribution is 0.0933. The molecule has 0 spiro atoms. The van der Waals surface area contributed by atoms with Gasteiger partial charge in [-0.1, -0.05) is 35.9 Å². The van der Waals surface area contributed by atoms with E-state index in [1.54, 1.807) is 24.3 Å². The largest absolute Gasteiger partial charge is 0.399 e. The SMILES string of the molecule is Cc1ccc2c(c1)CC(NC(=O)c1cc(N)cc(Nc3ccccc3F)n1)C2.Cl. The summed E-state index contributed by atoms with van der Waals surface area (Å²) < 4.78 is 13.9. The quantitative estimate of drug-likeness (QED) is 0.600. The van der Waals surface area contributed by atoms with Crippen LogP contribution in [0.3, 0.4) is 0 Å². The summed E-state index contributed by atoms with van der Waals surface area (Å²) in [6.45, 7) is 2.06. The Morgan fingerprint density at radius 2 is 1.86 bits per heavy atom. The molecule has 5 nitrogen and oxygen atoms in total. The van der Waals surface area contributed by atoms with E-state index in [0.717, 1.165) is 12.8 Å². The number of amides is 1. The first-order valence-electron chi connectivity index (χ1n) is 9.16. The minimum absolute atomic E-state index is 0. The summed E-state index contributed by atoms with van der Waals surface area (Å²) in [5, 5.41) is 5.91. The summed E-state index contributed by atoms with van der Waals surface area (Å²) in [7, 11) is 0. The molecule has 3 aromatic rings. The number of aromatic nitrogens is 1. The molecule has 4 rings (SSSR count). The van der Waals surface area contributed by atoms with Crippen molar-refractivity contribution in [3.8, 4) is 0 Å². The molecule has 7 heteroatoms. The molecule has 0 saturated carbocycles. The van der Waals surface area contributed by atoms with Gasteiger partial charge in [0.05, 0.1) is 5.69 Å². The zero-order valence-electron chi connectivity index (χ0n) is 15.9. The predicted octanol–water partition coefficient (Wildman–Crippen LogP) is 4.17. The van der Waals surface area contributed by atoms with Gasteiger partial charge in [-0.05, 0) is 49.1 Å². The van der Waals surface area contributed by atoms with Crippen molar-refractivity contribution in [2.75, 3.05) is 11.1 Å². The topological polar surface area (TPSA) is 80.0 Å². The second-order valence-corrected chi connectivity index (χ2v) is 7.13. The summed E-state index contributed by atoms with van der Waals surface area (Å²) in [5.41, 5.74) is 10.5. The zero-order valence-corrected chi connectivity index (χ0v) is 16.7. The Bertz CT molecular complexity index is 1060. The van der Waals surface area contributed by atoms with Crippen molar-refractivity contribution in [3.05, 3.63) is 82.8 Å². The molecule has 1 atom stereocenters. The molecule has 1 unspecified atom stereocenters. The second kappa shape index (κ2) is 8.49. The summed E-state index contributed by atoms with van der Waals surface area (Å²) in [6.07, 6.45) is 1.59. The van der Waals surface area contributed by atoms with Gasteiger partial charge in [-0.15, -0.1) is 12.4 Å². The average molecular weight is 413 g/mol. The molecule has 1 heterocycles. The molecular weight excluding hydrogens is 391 g/mol. The molecule has 1 amide bonds. The smallest absolute Gasteiger partial charge is 0.270 e. The maximum Gasteiger partial charge on any atom is 0.270 e. The third kappa shape index (κ3) is 4.66. The Hall–Kier alpha value is -3.12. The van der Waals surface area contributed by atoms with E-state index in [9.17, 15) is 9.18 Å². The van der Waals surface area contributed by atoms with Crippen molar-refractivity contribution in [2.24, 2.45) is 0 Å². The molecule has 1 aliphatic rings. The number of hydrogen-bond donors (Lipinski definition) is 3. The van der Waals surface area contributed by atoms with Crippen molar-refractivity contribution in [1.29, 1.82) is 0 Å². The number of nitrogens with one attached hydrogen (secondary N) is 2. The van der Waals surface area contributed by atoms with Gasteiger partial charge in [0.1, 0.15) is 17.3 Å². The first kappa shape index (κ1) is 20.6. The number of nitrogens with two attached hydrogens (primary N) is 1. The van der Waals surface area contributed by atoms with Crippen LogP contribution >= 0.6 is 12.4 Å². The number of aryl methyl sites for hydroxylation is 1. The predicted molar refractivity (Wildman–Crippen MR) is 115 cm³/mol. The van der Waals surface area contributed by atoms with E-state index in [4.69, 9.17) is 5.73 Å². The van der Waals surface area contributed by atoms with Gasteiger partial charge in [0.25, 0.3) is 5.91 Å². The fourth-order valence-corrected chi connectivity index (χ4v) is 3.54. The van der Waals surface area contributed by atoms with E-state index < -0.39 is 5.82 Å². The third-order valence-corrected chi connectivity index (χ3v) is 4.85. The number of fused-ring (bicyclic) bond motifs is 1. The third-order valence-electron chi connectivity index (χ3n) is 4.85. The van der Waals surface area contributed by atoms with Gasteiger partial charge in [-0.25, -0.2) is 9.37 Å². The van der Waals surface area contributed by atoms with Crippen LogP contribution < -0.4 is 16.4 Å². The molecule has 0 radical (unpaired) electrons. The van der Waals surface area contributed by atoms with Crippen LogP contribution in [0.1, 0.15) is 27.2 Å². The number of halogens is 2. The highest BCUT2D eigenvalue weighted by Crippen LogP contribution is 2.24. The van der Waals surface area contributed by atoms with Crippen LogP contribution in [0, 0.1) is 12.7 Å². The average Bonchev–Trinajstić information content (AvgIpc) is 3.04. The van der Waals surface area contributed by atoms with Crippen LogP contribution in [0.15, 0.2) is 54.6 Å². The normalized spacial score (nSPS) is 14.6. The highest BCUT2D eigenvalue weighted by atomic mass is 35.5. The van der Waals surface area contributed by atoms with Crippen molar-refractivity contribution in [2.45, 2.75) is 25.8 Å². The van der Waals surface area contributed by atoms with Gasteiger partial charge < -0.3 is 16.4 Å². The number of benzene rings is 2. The summed E-state index contributed by atoms with van der Waals surface area (Å²) >= 11 is 0. The number of carbonyl (C=O) groups excluding carboxylic acids is 1. The van der Waals surface area contributed by atoms with Gasteiger partial charge >= 0.3 is 0 Å². The summed E-state index contributed by atoms with van der Waals surface area (Å²) in [6, 6.07) is 15.7. The lowest BCUT2D eigenvalue weighted by Gasteiger charge is -2.13. The number of carbonyl (C=O) groups is 1. The highest BCUT2D eigenvalue weighted by molar-refractivity contribution is 5.94. The Balaban J connectivity index is 0.00000240. The number of rotatable bonds is 4. The number of pyridine rings is 1. The van der Waals surface area contributed by atoms with Crippen LogP contribution in [0.4, 0.5) is 21.6 Å². The number of para-hydroxylation sites is 1. The Kier molecular flexibility index (Phi) is 6.03. The van der Waals surface area contributed by atoms with E-state index in [1.807, 2.05) is 0 Å². The first-order chi connectivity index (χ1) is 13.5. The molecule has 0 bridgehead atoms. The van der Waals surface area contributed by atoms with Crippen LogP contribution in [-0.2, 0) is 12.8 Å². The van der Waals surface area contributed by atoms with Crippen LogP contribution in [-0.4, -0.2) is 16.9 Å². The monoisotopic (exact) mass is 412 g/mol. The molecule has 0 saturated heterocycles. The molecule has 0 fully saturated rings. The molecule has 1 aliphatic carbocycles. The van der Waals surface area contributed by atoms with Crippen LogP contribution in [0.25, 0.3) is 0 Å². The van der Waals surface area contributed by atoms with Gasteiger partial charge in [-0.2, -0.15) is 0 Å². The van der Waals surface area contributed by atoms with Gasteiger partial charge in [0.2, 0.25) is 0 Å². The minimum atomic E-state index is -0.406. The second-order valence-electron chi connectivity index (χ2n) is 7.13. The Morgan fingerprint density at radius 3 is 2.66 bits per heavy atom. The maximum atomic E-state index is 13.9. The minimum Gasteiger partial charge on any atom is -0.399 e. The van der Waals surface area contributed by atoms with E-state index in [0.29, 0.717) is 11.5 Å². The van der Waals surface area contributed by atoms with Crippen LogP contribution in [0.2, 0.25) is 0 Å². The molecule has 150 valence electrons. The first-order valence-corrected chi connectivity index (χ1v) is 9.16. The number of nitrogens with zero attached hydrogens (tertiary/aromatic N) is 1. The molecule has 4 N–H and O–H groups in total. The Labute approximate surface area is 175 Å². The molecule has 0 aliphatic heterocycles. The fraction of sp³-hybridized carbons (Fsp3) is 0.182. The van der Waals surface area contributed by atoms with Crippen molar-refractivity contribution >= 4 is 35.5 Å². The highest BCUT2D eigenvalue weighted by Gasteiger charge is 2.24. The summed E-state index contributed by atoms with van der Waals surface area (Å²) in [5.74, 6) is -0.379. The molecule has 1 aromatic heterocycles. The van der Waals surface area contributed by atoms with E-state index in [-0.39, 0.29) is 35.7 Å². The maximum absolute atomic E-state index is 13.9. The number of nitrogen functional groups attached to an aromatic ring is 1. The van der Waals surface area contributed by atoms with Gasteiger partial charge in [0, 0.05) is 17.8 Å². The molecular formula is C22H22ClFN4O. The van der Waals surface area contributed by atoms with E-state index in [2.05, 4.69) is 40.7 Å². The lowest BCUT2D eigenvalue weighted by Crippen LogP contribution is -2.35. The number of anilines is 3. The summed E-state index contributed by atoms with van der Waals surface area (Å²) in [4.78, 5) is 17.0. The Morgan fingerprint density at radius 1 is 1.10 bits per heavy atom.